The lowest BCUT2D eigenvalue weighted by molar-refractivity contribution is -0.118. The number of esters is 1. The average Bonchev–Trinajstić information content (AvgIpc) is 3.02. The van der Waals surface area contributed by atoms with Crippen molar-refractivity contribution in [3.05, 3.63) is 68.5 Å². The molecule has 0 aliphatic carbocycles. The van der Waals surface area contributed by atoms with Crippen molar-refractivity contribution in [2.75, 3.05) is 19.0 Å². The van der Waals surface area contributed by atoms with Gasteiger partial charge in [-0.15, -0.1) is 11.3 Å². The molecule has 5 nitrogen and oxygen atoms in total. The Morgan fingerprint density at radius 3 is 2.55 bits per heavy atom. The number of methoxy groups -OCH3 is 1. The van der Waals surface area contributed by atoms with Gasteiger partial charge in [-0.25, -0.2) is 4.79 Å². The molecule has 150 valence electrons. The van der Waals surface area contributed by atoms with Crippen LogP contribution in [0.25, 0.3) is 11.1 Å². The van der Waals surface area contributed by atoms with Crippen LogP contribution in [0.1, 0.15) is 15.2 Å². The highest BCUT2D eigenvalue weighted by atomic mass is 79.9. The number of hydrogen-bond donors (Lipinski definition) is 1. The van der Waals surface area contributed by atoms with Gasteiger partial charge in [0, 0.05) is 19.9 Å². The molecule has 2 aromatic carbocycles. The second kappa shape index (κ2) is 9.43. The molecule has 0 aliphatic heterocycles. The van der Waals surface area contributed by atoms with Gasteiger partial charge >= 0.3 is 5.97 Å². The Balaban J connectivity index is 1.85. The van der Waals surface area contributed by atoms with Crippen LogP contribution in [0.5, 0.6) is 5.75 Å². The van der Waals surface area contributed by atoms with Crippen LogP contribution < -0.4 is 10.1 Å². The molecule has 0 radical (unpaired) electrons. The Morgan fingerprint density at radius 2 is 1.90 bits per heavy atom. The zero-order valence-electron chi connectivity index (χ0n) is 15.6. The average molecular weight is 495 g/mol. The minimum atomic E-state index is -0.534. The second-order valence-electron chi connectivity index (χ2n) is 6.03. The summed E-state index contributed by atoms with van der Waals surface area (Å²) in [6.07, 6.45) is 0. The van der Waals surface area contributed by atoms with Crippen molar-refractivity contribution in [2.24, 2.45) is 0 Å². The van der Waals surface area contributed by atoms with Crippen LogP contribution in [0.3, 0.4) is 0 Å². The molecule has 0 unspecified atom stereocenters. The predicted octanol–water partition coefficient (Wildman–Crippen LogP) is 5.94. The van der Waals surface area contributed by atoms with E-state index in [1.807, 2.05) is 25.1 Å². The third-order valence-corrected chi connectivity index (χ3v) is 5.81. The molecule has 0 fully saturated rings. The molecule has 0 saturated heterocycles. The zero-order valence-corrected chi connectivity index (χ0v) is 18.8. The normalized spacial score (nSPS) is 10.5. The number of carbonyl (C=O) groups excluding carboxylic acids is 2. The molecule has 3 aromatic rings. The summed E-state index contributed by atoms with van der Waals surface area (Å²) in [6.45, 7) is 1.69. The van der Waals surface area contributed by atoms with Crippen molar-refractivity contribution >= 4 is 55.7 Å². The molecule has 0 atom stereocenters. The van der Waals surface area contributed by atoms with Crippen molar-refractivity contribution < 1.29 is 19.1 Å². The van der Waals surface area contributed by atoms with E-state index in [2.05, 4.69) is 21.2 Å². The van der Waals surface area contributed by atoms with Gasteiger partial charge in [0.05, 0.1) is 7.11 Å². The fraction of sp³-hybridized carbons (Fsp3) is 0.143. The van der Waals surface area contributed by atoms with E-state index in [0.717, 1.165) is 14.9 Å². The number of amides is 1. The number of nitrogens with one attached hydrogen (secondary N) is 1. The summed E-state index contributed by atoms with van der Waals surface area (Å²) in [5, 5.41) is 3.73. The molecule has 0 aliphatic rings. The summed E-state index contributed by atoms with van der Waals surface area (Å²) in [6, 6.07) is 14.3. The summed E-state index contributed by atoms with van der Waals surface area (Å²) in [7, 11) is 1.30. The highest BCUT2D eigenvalue weighted by Crippen LogP contribution is 2.40. The van der Waals surface area contributed by atoms with E-state index >= 15 is 0 Å². The van der Waals surface area contributed by atoms with E-state index in [4.69, 9.17) is 21.1 Å². The third kappa shape index (κ3) is 5.18. The Morgan fingerprint density at radius 1 is 1.17 bits per heavy atom. The lowest BCUT2D eigenvalue weighted by Gasteiger charge is -2.09. The maximum atomic E-state index is 12.5. The minimum Gasteiger partial charge on any atom is -0.484 e. The van der Waals surface area contributed by atoms with E-state index in [9.17, 15) is 9.59 Å². The number of hydrogen-bond acceptors (Lipinski definition) is 5. The van der Waals surface area contributed by atoms with E-state index in [1.165, 1.54) is 18.4 Å². The van der Waals surface area contributed by atoms with Crippen LogP contribution in [0.4, 0.5) is 5.00 Å². The molecular formula is C21H17BrClNO4S. The van der Waals surface area contributed by atoms with Crippen molar-refractivity contribution in [1.82, 2.24) is 0 Å². The van der Waals surface area contributed by atoms with Crippen molar-refractivity contribution in [2.45, 2.75) is 6.92 Å². The van der Waals surface area contributed by atoms with Gasteiger partial charge < -0.3 is 14.8 Å². The first-order valence-corrected chi connectivity index (χ1v) is 10.5. The minimum absolute atomic E-state index is 0.189. The Bertz CT molecular complexity index is 1050. The molecule has 0 saturated carbocycles. The van der Waals surface area contributed by atoms with Gasteiger partial charge in [0.25, 0.3) is 5.91 Å². The number of benzene rings is 2. The Hall–Kier alpha value is -2.35. The van der Waals surface area contributed by atoms with Gasteiger partial charge in [0.1, 0.15) is 16.3 Å². The molecule has 0 spiro atoms. The van der Waals surface area contributed by atoms with E-state index < -0.39 is 5.97 Å². The van der Waals surface area contributed by atoms with Gasteiger partial charge in [-0.05, 0) is 48.9 Å². The van der Waals surface area contributed by atoms with Crippen molar-refractivity contribution in [3.8, 4) is 16.9 Å². The summed E-state index contributed by atoms with van der Waals surface area (Å²) >= 11 is 10.8. The number of ether oxygens (including phenoxy) is 2. The van der Waals surface area contributed by atoms with Crippen LogP contribution >= 0.6 is 38.9 Å². The second-order valence-corrected chi connectivity index (χ2v) is 8.61. The monoisotopic (exact) mass is 493 g/mol. The van der Waals surface area contributed by atoms with E-state index in [1.54, 1.807) is 30.3 Å². The van der Waals surface area contributed by atoms with Gasteiger partial charge in [-0.1, -0.05) is 39.7 Å². The molecule has 3 rings (SSSR count). The molecule has 8 heteroatoms. The third-order valence-electron chi connectivity index (χ3n) is 4.02. The zero-order chi connectivity index (χ0) is 21.0. The summed E-state index contributed by atoms with van der Waals surface area (Å²) in [5.41, 5.74) is 1.76. The maximum Gasteiger partial charge on any atom is 0.341 e. The number of thiophene rings is 1. The SMILES string of the molecule is COC(=O)c1c(NC(=O)COc2ccc(Br)cc2)sc(C)c1-c1cccc(Cl)c1. The van der Waals surface area contributed by atoms with Crippen LogP contribution in [-0.4, -0.2) is 25.6 Å². The van der Waals surface area contributed by atoms with Crippen LogP contribution in [0.2, 0.25) is 5.02 Å². The standard InChI is InChI=1S/C21H17BrClNO4S/c1-12-18(13-4-3-5-15(23)10-13)19(21(26)27-2)20(29-12)24-17(25)11-28-16-8-6-14(22)7-9-16/h3-10H,11H2,1-2H3,(H,24,25). The maximum absolute atomic E-state index is 12.5. The number of anilines is 1. The predicted molar refractivity (Wildman–Crippen MR) is 119 cm³/mol. The van der Waals surface area contributed by atoms with Gasteiger partial charge in [-0.2, -0.15) is 0 Å². The van der Waals surface area contributed by atoms with Crippen molar-refractivity contribution in [1.29, 1.82) is 0 Å². The van der Waals surface area contributed by atoms with Crippen LogP contribution in [-0.2, 0) is 9.53 Å². The number of rotatable bonds is 6. The lowest BCUT2D eigenvalue weighted by Crippen LogP contribution is -2.21. The topological polar surface area (TPSA) is 64.6 Å². The van der Waals surface area contributed by atoms with E-state index in [-0.39, 0.29) is 12.5 Å². The van der Waals surface area contributed by atoms with Crippen molar-refractivity contribution in [3.63, 3.8) is 0 Å². The lowest BCUT2D eigenvalue weighted by atomic mass is 10.0. The highest BCUT2D eigenvalue weighted by molar-refractivity contribution is 9.10. The highest BCUT2D eigenvalue weighted by Gasteiger charge is 2.25. The van der Waals surface area contributed by atoms with Crippen LogP contribution in [0, 0.1) is 6.92 Å². The van der Waals surface area contributed by atoms with E-state index in [0.29, 0.717) is 26.9 Å². The number of carbonyl (C=O) groups is 2. The number of aryl methyl sites for hydroxylation is 1. The van der Waals surface area contributed by atoms with Crippen LogP contribution in [0.15, 0.2) is 53.0 Å². The summed E-state index contributed by atoms with van der Waals surface area (Å²) in [5.74, 6) is -0.344. The Labute approximate surface area is 185 Å². The Kier molecular flexibility index (Phi) is 6.95. The fourth-order valence-electron chi connectivity index (χ4n) is 2.76. The quantitative estimate of drug-likeness (QED) is 0.431. The van der Waals surface area contributed by atoms with Gasteiger partial charge in [-0.3, -0.25) is 4.79 Å². The molecule has 1 N–H and O–H groups in total. The van der Waals surface area contributed by atoms with Gasteiger partial charge in [0.2, 0.25) is 0 Å². The molecular weight excluding hydrogens is 478 g/mol. The molecule has 1 heterocycles. The largest absolute Gasteiger partial charge is 0.484 e. The molecule has 1 aromatic heterocycles. The molecule has 0 bridgehead atoms. The smallest absolute Gasteiger partial charge is 0.341 e. The molecule has 29 heavy (non-hydrogen) atoms. The molecule has 1 amide bonds. The first-order chi connectivity index (χ1) is 13.9. The summed E-state index contributed by atoms with van der Waals surface area (Å²) in [4.78, 5) is 25.8. The number of halogens is 2. The summed E-state index contributed by atoms with van der Waals surface area (Å²) < 4.78 is 11.4. The van der Waals surface area contributed by atoms with Gasteiger partial charge in [0.15, 0.2) is 6.61 Å². The first-order valence-electron chi connectivity index (χ1n) is 8.55. The first kappa shape index (κ1) is 21.4. The fourth-order valence-corrected chi connectivity index (χ4v) is 4.30.